The van der Waals surface area contributed by atoms with Gasteiger partial charge in [0.25, 0.3) is 0 Å². The zero-order chi connectivity index (χ0) is 10.4. The summed E-state index contributed by atoms with van der Waals surface area (Å²) in [6.07, 6.45) is -0.266. The van der Waals surface area contributed by atoms with Crippen molar-refractivity contribution in [2.75, 3.05) is 13.1 Å². The maximum atomic E-state index is 9.07. The van der Waals surface area contributed by atoms with Gasteiger partial charge in [-0.2, -0.15) is 0 Å². The highest BCUT2D eigenvalue weighted by Gasteiger charge is 2.04. The summed E-state index contributed by atoms with van der Waals surface area (Å²) in [7, 11) is 0. The molecule has 0 saturated carbocycles. The average Bonchev–Trinajstić information content (AvgIpc) is 2.18. The van der Waals surface area contributed by atoms with Gasteiger partial charge in [-0.1, -0.05) is 37.3 Å². The molecule has 0 aliphatic heterocycles. The van der Waals surface area contributed by atoms with Gasteiger partial charge in [0.05, 0.1) is 6.10 Å². The fourth-order valence-electron chi connectivity index (χ4n) is 1.41. The monoisotopic (exact) mass is 193 g/mol. The van der Waals surface area contributed by atoms with Crippen molar-refractivity contribution in [2.45, 2.75) is 25.9 Å². The van der Waals surface area contributed by atoms with Gasteiger partial charge < -0.3 is 10.4 Å². The van der Waals surface area contributed by atoms with Crippen LogP contribution in [-0.2, 0) is 0 Å². The Morgan fingerprint density at radius 2 is 1.79 bits per heavy atom. The van der Waals surface area contributed by atoms with Crippen molar-refractivity contribution in [1.82, 2.24) is 5.32 Å². The Bertz CT molecular complexity index is 246. The van der Waals surface area contributed by atoms with Crippen LogP contribution < -0.4 is 5.32 Å². The maximum Gasteiger partial charge on any atom is 0.0636 e. The van der Waals surface area contributed by atoms with Crippen molar-refractivity contribution in [1.29, 1.82) is 0 Å². The molecule has 2 N–H and O–H groups in total. The van der Waals surface area contributed by atoms with E-state index in [2.05, 4.69) is 36.5 Å². The summed E-state index contributed by atoms with van der Waals surface area (Å²) < 4.78 is 0. The number of hydrogen-bond acceptors (Lipinski definition) is 2. The Balaban J connectivity index is 2.32. The molecule has 0 radical (unpaired) electrons. The number of aliphatic hydroxyl groups excluding tert-OH is 1. The Labute approximate surface area is 86.0 Å². The molecule has 2 nitrogen and oxygen atoms in total. The largest absolute Gasteiger partial charge is 0.392 e. The molecule has 1 rings (SSSR count). The van der Waals surface area contributed by atoms with E-state index < -0.39 is 0 Å². The van der Waals surface area contributed by atoms with Crippen LogP contribution >= 0.6 is 0 Å². The van der Waals surface area contributed by atoms with Crippen molar-refractivity contribution >= 4 is 0 Å². The second kappa shape index (κ2) is 5.78. The molecule has 0 heterocycles. The molecule has 2 heteroatoms. The minimum Gasteiger partial charge on any atom is -0.392 e. The third-order valence-corrected chi connectivity index (χ3v) is 2.26. The van der Waals surface area contributed by atoms with E-state index in [1.165, 1.54) is 5.56 Å². The van der Waals surface area contributed by atoms with Crippen LogP contribution in [0.3, 0.4) is 0 Å². The summed E-state index contributed by atoms with van der Waals surface area (Å²) in [5.74, 6) is 0.495. The van der Waals surface area contributed by atoms with E-state index in [4.69, 9.17) is 5.11 Å². The zero-order valence-electron chi connectivity index (χ0n) is 8.90. The molecule has 0 aliphatic rings. The molecule has 1 aromatic rings. The van der Waals surface area contributed by atoms with E-state index in [1.54, 1.807) is 6.92 Å². The van der Waals surface area contributed by atoms with E-state index in [1.807, 2.05) is 6.07 Å². The van der Waals surface area contributed by atoms with Gasteiger partial charge >= 0.3 is 0 Å². The quantitative estimate of drug-likeness (QED) is 0.747. The lowest BCUT2D eigenvalue weighted by Crippen LogP contribution is -2.27. The van der Waals surface area contributed by atoms with E-state index in [9.17, 15) is 0 Å². The zero-order valence-corrected chi connectivity index (χ0v) is 8.90. The molecule has 14 heavy (non-hydrogen) atoms. The second-order valence-electron chi connectivity index (χ2n) is 3.82. The van der Waals surface area contributed by atoms with Crippen molar-refractivity contribution < 1.29 is 5.11 Å². The first-order valence-electron chi connectivity index (χ1n) is 5.14. The van der Waals surface area contributed by atoms with Crippen LogP contribution in [0, 0.1) is 0 Å². The molecular weight excluding hydrogens is 174 g/mol. The number of nitrogens with one attached hydrogen (secondary N) is 1. The highest BCUT2D eigenvalue weighted by Crippen LogP contribution is 2.12. The number of hydrogen-bond donors (Lipinski definition) is 2. The maximum absolute atomic E-state index is 9.07. The standard InChI is InChI=1S/C12H19NO/c1-10(8-13-9-11(2)14)12-6-4-3-5-7-12/h3-7,10-11,13-14H,8-9H2,1-2H3/t10?,11-/m0/s1. The van der Waals surface area contributed by atoms with Crippen molar-refractivity contribution in [3.63, 3.8) is 0 Å². The molecule has 0 aromatic heterocycles. The Morgan fingerprint density at radius 1 is 1.14 bits per heavy atom. The van der Waals surface area contributed by atoms with E-state index in [-0.39, 0.29) is 6.10 Å². The molecule has 0 saturated heterocycles. The minimum atomic E-state index is -0.266. The minimum absolute atomic E-state index is 0.266. The van der Waals surface area contributed by atoms with Crippen LogP contribution in [-0.4, -0.2) is 24.3 Å². The number of aliphatic hydroxyl groups is 1. The number of rotatable bonds is 5. The third-order valence-electron chi connectivity index (χ3n) is 2.26. The summed E-state index contributed by atoms with van der Waals surface area (Å²) in [6.45, 7) is 5.55. The molecule has 1 unspecified atom stereocenters. The highest BCUT2D eigenvalue weighted by molar-refractivity contribution is 5.18. The first-order valence-corrected chi connectivity index (χ1v) is 5.14. The Hall–Kier alpha value is -0.860. The summed E-state index contributed by atoms with van der Waals surface area (Å²) in [5, 5.41) is 12.3. The molecule has 78 valence electrons. The van der Waals surface area contributed by atoms with E-state index in [0.717, 1.165) is 6.54 Å². The lowest BCUT2D eigenvalue weighted by atomic mass is 10.0. The third kappa shape index (κ3) is 3.90. The number of benzene rings is 1. The van der Waals surface area contributed by atoms with Gasteiger partial charge in [-0.05, 0) is 18.4 Å². The average molecular weight is 193 g/mol. The van der Waals surface area contributed by atoms with Gasteiger partial charge in [0, 0.05) is 13.1 Å². The van der Waals surface area contributed by atoms with Crippen molar-refractivity contribution in [3.05, 3.63) is 35.9 Å². The van der Waals surface area contributed by atoms with Crippen LogP contribution in [0.25, 0.3) is 0 Å². The summed E-state index contributed by atoms with van der Waals surface area (Å²) in [4.78, 5) is 0. The topological polar surface area (TPSA) is 32.3 Å². The van der Waals surface area contributed by atoms with Crippen LogP contribution in [0.5, 0.6) is 0 Å². The first kappa shape index (κ1) is 11.2. The lowest BCUT2D eigenvalue weighted by Gasteiger charge is -2.13. The molecule has 0 aliphatic carbocycles. The van der Waals surface area contributed by atoms with E-state index in [0.29, 0.717) is 12.5 Å². The molecule has 0 fully saturated rings. The fourth-order valence-corrected chi connectivity index (χ4v) is 1.41. The van der Waals surface area contributed by atoms with Crippen LogP contribution in [0.1, 0.15) is 25.3 Å². The van der Waals surface area contributed by atoms with Gasteiger partial charge in [0.1, 0.15) is 0 Å². The fraction of sp³-hybridized carbons (Fsp3) is 0.500. The van der Waals surface area contributed by atoms with Crippen molar-refractivity contribution in [3.8, 4) is 0 Å². The van der Waals surface area contributed by atoms with Gasteiger partial charge in [-0.25, -0.2) is 0 Å². The van der Waals surface area contributed by atoms with Crippen LogP contribution in [0.4, 0.5) is 0 Å². The van der Waals surface area contributed by atoms with Gasteiger partial charge in [0.2, 0.25) is 0 Å². The Kier molecular flexibility index (Phi) is 4.63. The predicted octanol–water partition coefficient (Wildman–Crippen LogP) is 1.76. The molecule has 0 bridgehead atoms. The first-order chi connectivity index (χ1) is 6.70. The normalized spacial score (nSPS) is 15.1. The summed E-state index contributed by atoms with van der Waals surface area (Å²) >= 11 is 0. The van der Waals surface area contributed by atoms with Crippen molar-refractivity contribution in [2.24, 2.45) is 0 Å². The summed E-state index contributed by atoms with van der Waals surface area (Å²) in [6, 6.07) is 10.4. The highest BCUT2D eigenvalue weighted by atomic mass is 16.3. The summed E-state index contributed by atoms with van der Waals surface area (Å²) in [5.41, 5.74) is 1.34. The van der Waals surface area contributed by atoms with Crippen LogP contribution in [0.15, 0.2) is 30.3 Å². The molecule has 1 aromatic carbocycles. The lowest BCUT2D eigenvalue weighted by molar-refractivity contribution is 0.191. The van der Waals surface area contributed by atoms with Gasteiger partial charge in [-0.3, -0.25) is 0 Å². The smallest absolute Gasteiger partial charge is 0.0636 e. The van der Waals surface area contributed by atoms with E-state index >= 15 is 0 Å². The molecule has 0 spiro atoms. The van der Waals surface area contributed by atoms with Crippen LogP contribution in [0.2, 0.25) is 0 Å². The Morgan fingerprint density at radius 3 is 2.36 bits per heavy atom. The predicted molar refractivity (Wildman–Crippen MR) is 59.4 cm³/mol. The molecule has 2 atom stereocenters. The second-order valence-corrected chi connectivity index (χ2v) is 3.82. The van der Waals surface area contributed by atoms with Gasteiger partial charge in [0.15, 0.2) is 0 Å². The molecular formula is C12H19NO. The molecule has 0 amide bonds. The SMILES string of the molecule is CC(CNC[C@H](C)O)c1ccccc1. The van der Waals surface area contributed by atoms with Gasteiger partial charge in [-0.15, -0.1) is 0 Å².